The summed E-state index contributed by atoms with van der Waals surface area (Å²) in [4.78, 5) is 2.87. The first kappa shape index (κ1) is 15.3. The average Bonchev–Trinajstić information content (AvgIpc) is 2.36. The number of rotatable bonds is 4. The van der Waals surface area contributed by atoms with Crippen LogP contribution >= 0.6 is 0 Å². The lowest BCUT2D eigenvalue weighted by molar-refractivity contribution is 0.0435. The zero-order valence-electron chi connectivity index (χ0n) is 13.3. The SMILES string of the molecule is CCCN(C1CCC(N)CC1)C1CCCC(C)(C)C1. The maximum atomic E-state index is 6.07. The van der Waals surface area contributed by atoms with Crippen LogP contribution in [0.2, 0.25) is 0 Å². The second-order valence-corrected chi connectivity index (χ2v) is 7.72. The molecular weight excluding hydrogens is 232 g/mol. The van der Waals surface area contributed by atoms with Gasteiger partial charge >= 0.3 is 0 Å². The Morgan fingerprint density at radius 2 is 1.74 bits per heavy atom. The first-order valence-corrected chi connectivity index (χ1v) is 8.53. The molecule has 2 nitrogen and oxygen atoms in total. The summed E-state index contributed by atoms with van der Waals surface area (Å²) < 4.78 is 0. The zero-order chi connectivity index (χ0) is 13.9. The third kappa shape index (κ3) is 4.19. The van der Waals surface area contributed by atoms with Crippen LogP contribution < -0.4 is 5.73 Å². The molecular formula is C17H34N2. The van der Waals surface area contributed by atoms with E-state index in [1.54, 1.807) is 0 Å². The van der Waals surface area contributed by atoms with Gasteiger partial charge in [0.1, 0.15) is 0 Å². The van der Waals surface area contributed by atoms with Crippen LogP contribution in [0.3, 0.4) is 0 Å². The Hall–Kier alpha value is -0.0800. The topological polar surface area (TPSA) is 29.3 Å². The molecule has 0 aromatic rings. The van der Waals surface area contributed by atoms with Gasteiger partial charge in [-0.05, 0) is 63.3 Å². The monoisotopic (exact) mass is 266 g/mol. The van der Waals surface area contributed by atoms with Gasteiger partial charge in [0, 0.05) is 18.1 Å². The van der Waals surface area contributed by atoms with Crippen LogP contribution in [0.4, 0.5) is 0 Å². The molecule has 2 rings (SSSR count). The lowest BCUT2D eigenvalue weighted by atomic mass is 9.74. The predicted octanol–water partition coefficient (Wildman–Crippen LogP) is 3.94. The normalized spacial score (nSPS) is 35.5. The fourth-order valence-electron chi connectivity index (χ4n) is 4.30. The molecule has 1 unspecified atom stereocenters. The average molecular weight is 266 g/mol. The fraction of sp³-hybridized carbons (Fsp3) is 1.00. The van der Waals surface area contributed by atoms with Crippen molar-refractivity contribution < 1.29 is 0 Å². The van der Waals surface area contributed by atoms with Crippen LogP contribution in [0.1, 0.15) is 78.6 Å². The molecule has 0 spiro atoms. The number of nitrogens with two attached hydrogens (primary N) is 1. The summed E-state index contributed by atoms with van der Waals surface area (Å²) in [7, 11) is 0. The largest absolute Gasteiger partial charge is 0.328 e. The molecule has 0 aromatic carbocycles. The highest BCUT2D eigenvalue weighted by molar-refractivity contribution is 4.90. The van der Waals surface area contributed by atoms with Crippen molar-refractivity contribution in [2.24, 2.45) is 11.1 Å². The van der Waals surface area contributed by atoms with Gasteiger partial charge in [0.05, 0.1) is 0 Å². The molecule has 0 aromatic heterocycles. The predicted molar refractivity (Wildman–Crippen MR) is 83.3 cm³/mol. The summed E-state index contributed by atoms with van der Waals surface area (Å²) in [6.07, 6.45) is 12.1. The summed E-state index contributed by atoms with van der Waals surface area (Å²) >= 11 is 0. The van der Waals surface area contributed by atoms with Crippen molar-refractivity contribution in [3.8, 4) is 0 Å². The molecule has 112 valence electrons. The van der Waals surface area contributed by atoms with E-state index >= 15 is 0 Å². The van der Waals surface area contributed by atoms with Crippen molar-refractivity contribution in [1.82, 2.24) is 4.90 Å². The Labute approximate surface area is 120 Å². The van der Waals surface area contributed by atoms with Gasteiger partial charge in [0.2, 0.25) is 0 Å². The smallest absolute Gasteiger partial charge is 0.0103 e. The third-order valence-corrected chi connectivity index (χ3v) is 5.34. The van der Waals surface area contributed by atoms with E-state index in [0.717, 1.165) is 12.1 Å². The van der Waals surface area contributed by atoms with Crippen LogP contribution in [0, 0.1) is 5.41 Å². The molecule has 2 N–H and O–H groups in total. The Kier molecular flexibility index (Phi) is 5.30. The van der Waals surface area contributed by atoms with Gasteiger partial charge in [-0.15, -0.1) is 0 Å². The van der Waals surface area contributed by atoms with Gasteiger partial charge in [0.25, 0.3) is 0 Å². The van der Waals surface area contributed by atoms with E-state index in [-0.39, 0.29) is 0 Å². The molecule has 1 atom stereocenters. The van der Waals surface area contributed by atoms with Crippen LogP contribution in [-0.4, -0.2) is 29.6 Å². The van der Waals surface area contributed by atoms with E-state index in [1.807, 2.05) is 0 Å². The van der Waals surface area contributed by atoms with Crippen molar-refractivity contribution in [3.63, 3.8) is 0 Å². The van der Waals surface area contributed by atoms with Crippen molar-refractivity contribution in [2.75, 3.05) is 6.54 Å². The molecule has 0 amide bonds. The van der Waals surface area contributed by atoms with Gasteiger partial charge in [-0.3, -0.25) is 4.90 Å². The number of hydrogen-bond acceptors (Lipinski definition) is 2. The zero-order valence-corrected chi connectivity index (χ0v) is 13.3. The summed E-state index contributed by atoms with van der Waals surface area (Å²) in [6.45, 7) is 8.54. The number of nitrogens with zero attached hydrogens (tertiary/aromatic N) is 1. The molecule has 2 saturated carbocycles. The Morgan fingerprint density at radius 1 is 1.05 bits per heavy atom. The van der Waals surface area contributed by atoms with E-state index in [4.69, 9.17) is 5.73 Å². The molecule has 0 saturated heterocycles. The summed E-state index contributed by atoms with van der Waals surface area (Å²) in [5, 5.41) is 0. The van der Waals surface area contributed by atoms with Gasteiger partial charge in [-0.2, -0.15) is 0 Å². The molecule has 2 heteroatoms. The number of hydrogen-bond donors (Lipinski definition) is 1. The van der Waals surface area contributed by atoms with Crippen molar-refractivity contribution in [3.05, 3.63) is 0 Å². The third-order valence-electron chi connectivity index (χ3n) is 5.34. The molecule has 19 heavy (non-hydrogen) atoms. The van der Waals surface area contributed by atoms with E-state index in [9.17, 15) is 0 Å². The maximum Gasteiger partial charge on any atom is 0.0103 e. The minimum absolute atomic E-state index is 0.475. The highest BCUT2D eigenvalue weighted by atomic mass is 15.2. The van der Waals surface area contributed by atoms with Crippen LogP contribution in [0.25, 0.3) is 0 Å². The van der Waals surface area contributed by atoms with Crippen molar-refractivity contribution in [1.29, 1.82) is 0 Å². The Morgan fingerprint density at radius 3 is 2.32 bits per heavy atom. The van der Waals surface area contributed by atoms with E-state index in [0.29, 0.717) is 11.5 Å². The quantitative estimate of drug-likeness (QED) is 0.835. The second kappa shape index (κ2) is 6.58. The molecule has 0 radical (unpaired) electrons. The summed E-state index contributed by atoms with van der Waals surface area (Å²) in [6, 6.07) is 2.13. The van der Waals surface area contributed by atoms with Crippen molar-refractivity contribution in [2.45, 2.75) is 96.7 Å². The lowest BCUT2D eigenvalue weighted by Crippen LogP contribution is -2.49. The minimum Gasteiger partial charge on any atom is -0.328 e. The standard InChI is InChI=1S/C17H34N2/c1-4-12-19(15-9-7-14(18)8-10-15)16-6-5-11-17(2,3)13-16/h14-16H,4-13,18H2,1-3H3. The molecule has 0 aliphatic heterocycles. The highest BCUT2D eigenvalue weighted by Crippen LogP contribution is 2.39. The fourth-order valence-corrected chi connectivity index (χ4v) is 4.30. The first-order valence-electron chi connectivity index (χ1n) is 8.53. The highest BCUT2D eigenvalue weighted by Gasteiger charge is 2.34. The first-order chi connectivity index (χ1) is 9.02. The summed E-state index contributed by atoms with van der Waals surface area (Å²) in [5.74, 6) is 0. The van der Waals surface area contributed by atoms with Gasteiger partial charge < -0.3 is 5.73 Å². The Balaban J connectivity index is 1.98. The minimum atomic E-state index is 0.475. The van der Waals surface area contributed by atoms with Crippen LogP contribution in [0.5, 0.6) is 0 Å². The van der Waals surface area contributed by atoms with Gasteiger partial charge in [0.15, 0.2) is 0 Å². The van der Waals surface area contributed by atoms with Crippen LogP contribution in [-0.2, 0) is 0 Å². The summed E-state index contributed by atoms with van der Waals surface area (Å²) in [5.41, 5.74) is 6.63. The maximum absolute atomic E-state index is 6.07. The van der Waals surface area contributed by atoms with E-state index in [2.05, 4.69) is 25.7 Å². The molecule has 2 fully saturated rings. The van der Waals surface area contributed by atoms with Gasteiger partial charge in [-0.1, -0.05) is 27.2 Å². The molecule has 0 heterocycles. The van der Waals surface area contributed by atoms with Crippen molar-refractivity contribution >= 4 is 0 Å². The van der Waals surface area contributed by atoms with Gasteiger partial charge in [-0.25, -0.2) is 0 Å². The second-order valence-electron chi connectivity index (χ2n) is 7.72. The molecule has 2 aliphatic rings. The lowest BCUT2D eigenvalue weighted by Gasteiger charge is -2.46. The Bertz CT molecular complexity index is 266. The molecule has 2 aliphatic carbocycles. The van der Waals surface area contributed by atoms with Crippen LogP contribution in [0.15, 0.2) is 0 Å². The van der Waals surface area contributed by atoms with E-state index in [1.165, 1.54) is 64.3 Å². The van der Waals surface area contributed by atoms with E-state index < -0.39 is 0 Å². The molecule has 0 bridgehead atoms.